The van der Waals surface area contributed by atoms with Crippen LogP contribution < -0.4 is 16.0 Å². The predicted octanol–water partition coefficient (Wildman–Crippen LogP) is 2.30. The standard InChI is InChI=1S/C15H13Cl2N5O3/c1-6(2)10-11(14(25-3)19-5-18-10)22-12-9(13(23)21-15(22)24)7(16)4-8(17)20-12/h4-6H,1-3H3,(H,21,23,24). The number of pyridine rings is 1. The van der Waals surface area contributed by atoms with Crippen LogP contribution in [0, 0.1) is 0 Å². The van der Waals surface area contributed by atoms with Crippen LogP contribution in [0.2, 0.25) is 10.2 Å². The summed E-state index contributed by atoms with van der Waals surface area (Å²) in [5, 5.41) is 0.149. The van der Waals surface area contributed by atoms with E-state index in [9.17, 15) is 9.59 Å². The topological polar surface area (TPSA) is 103 Å². The smallest absolute Gasteiger partial charge is 0.334 e. The Hall–Kier alpha value is -2.45. The van der Waals surface area contributed by atoms with Crippen molar-refractivity contribution in [2.24, 2.45) is 0 Å². The zero-order valence-electron chi connectivity index (χ0n) is 13.5. The van der Waals surface area contributed by atoms with E-state index in [4.69, 9.17) is 27.9 Å². The van der Waals surface area contributed by atoms with E-state index in [1.165, 1.54) is 19.5 Å². The van der Waals surface area contributed by atoms with Gasteiger partial charge in [0.05, 0.1) is 17.8 Å². The molecule has 10 heteroatoms. The van der Waals surface area contributed by atoms with Crippen molar-refractivity contribution in [1.29, 1.82) is 0 Å². The summed E-state index contributed by atoms with van der Waals surface area (Å²) in [6.07, 6.45) is 1.34. The Kier molecular flexibility index (Phi) is 4.49. The van der Waals surface area contributed by atoms with Gasteiger partial charge in [0.1, 0.15) is 22.6 Å². The summed E-state index contributed by atoms with van der Waals surface area (Å²) >= 11 is 12.1. The van der Waals surface area contributed by atoms with Gasteiger partial charge in [-0.15, -0.1) is 0 Å². The molecule has 0 saturated heterocycles. The van der Waals surface area contributed by atoms with Crippen molar-refractivity contribution >= 4 is 34.2 Å². The van der Waals surface area contributed by atoms with Crippen molar-refractivity contribution in [2.45, 2.75) is 19.8 Å². The highest BCUT2D eigenvalue weighted by atomic mass is 35.5. The molecule has 3 rings (SSSR count). The molecular formula is C15H13Cl2N5O3. The number of rotatable bonds is 3. The Morgan fingerprint density at radius 1 is 1.24 bits per heavy atom. The summed E-state index contributed by atoms with van der Waals surface area (Å²) in [7, 11) is 1.42. The van der Waals surface area contributed by atoms with E-state index in [1.54, 1.807) is 0 Å². The Morgan fingerprint density at radius 2 is 1.96 bits per heavy atom. The molecule has 3 heterocycles. The lowest BCUT2D eigenvalue weighted by Gasteiger charge is -2.17. The first kappa shape index (κ1) is 17.4. The van der Waals surface area contributed by atoms with Crippen molar-refractivity contribution in [3.05, 3.63) is 49.1 Å². The number of methoxy groups -OCH3 is 1. The van der Waals surface area contributed by atoms with Gasteiger partial charge in [-0.25, -0.2) is 19.3 Å². The average molecular weight is 382 g/mol. The van der Waals surface area contributed by atoms with Crippen LogP contribution in [-0.2, 0) is 0 Å². The van der Waals surface area contributed by atoms with Crippen LogP contribution in [0.3, 0.4) is 0 Å². The lowest BCUT2D eigenvalue weighted by atomic mass is 10.1. The number of aromatic amines is 1. The van der Waals surface area contributed by atoms with Gasteiger partial charge in [0, 0.05) is 0 Å². The minimum absolute atomic E-state index is 0.00116. The number of H-pyrrole nitrogens is 1. The number of hydrogen-bond acceptors (Lipinski definition) is 6. The Bertz CT molecular complexity index is 1090. The van der Waals surface area contributed by atoms with Crippen molar-refractivity contribution in [2.75, 3.05) is 7.11 Å². The van der Waals surface area contributed by atoms with Crippen molar-refractivity contribution < 1.29 is 4.74 Å². The van der Waals surface area contributed by atoms with Crippen LogP contribution in [0.1, 0.15) is 25.5 Å². The number of fused-ring (bicyclic) bond motifs is 1. The molecule has 130 valence electrons. The Balaban J connectivity index is 2.59. The van der Waals surface area contributed by atoms with E-state index in [-0.39, 0.29) is 38.7 Å². The van der Waals surface area contributed by atoms with Gasteiger partial charge in [-0.2, -0.15) is 4.98 Å². The molecule has 0 amide bonds. The number of aromatic nitrogens is 5. The van der Waals surface area contributed by atoms with Crippen LogP contribution in [0.15, 0.2) is 22.0 Å². The fourth-order valence-electron chi connectivity index (χ4n) is 2.52. The molecule has 0 fully saturated rings. The lowest BCUT2D eigenvalue weighted by molar-refractivity contribution is 0.393. The number of halogens is 2. The molecule has 25 heavy (non-hydrogen) atoms. The van der Waals surface area contributed by atoms with Gasteiger partial charge in [0.2, 0.25) is 5.88 Å². The SMILES string of the molecule is COc1ncnc(C(C)C)c1-n1c(=O)[nH]c(=O)c2c(Cl)cc(Cl)nc21. The molecule has 0 aromatic carbocycles. The van der Waals surface area contributed by atoms with Gasteiger partial charge >= 0.3 is 5.69 Å². The first-order valence-electron chi connectivity index (χ1n) is 7.25. The zero-order chi connectivity index (χ0) is 18.3. The normalized spacial score (nSPS) is 11.3. The molecule has 0 atom stereocenters. The van der Waals surface area contributed by atoms with Crippen LogP contribution in [0.25, 0.3) is 16.7 Å². The van der Waals surface area contributed by atoms with Gasteiger partial charge in [-0.3, -0.25) is 9.78 Å². The Morgan fingerprint density at radius 3 is 2.60 bits per heavy atom. The lowest BCUT2D eigenvalue weighted by Crippen LogP contribution is -2.31. The van der Waals surface area contributed by atoms with E-state index in [2.05, 4.69) is 19.9 Å². The third-order valence-corrected chi connectivity index (χ3v) is 4.06. The maximum absolute atomic E-state index is 12.6. The molecule has 3 aromatic heterocycles. The van der Waals surface area contributed by atoms with E-state index in [0.717, 1.165) is 4.57 Å². The van der Waals surface area contributed by atoms with Crippen LogP contribution in [0.5, 0.6) is 5.88 Å². The van der Waals surface area contributed by atoms with Crippen molar-refractivity contribution in [1.82, 2.24) is 24.5 Å². The molecule has 8 nitrogen and oxygen atoms in total. The minimum Gasteiger partial charge on any atom is -0.479 e. The molecule has 0 aliphatic carbocycles. The largest absolute Gasteiger partial charge is 0.479 e. The molecule has 0 unspecified atom stereocenters. The van der Waals surface area contributed by atoms with Gasteiger partial charge < -0.3 is 4.74 Å². The van der Waals surface area contributed by atoms with Gasteiger partial charge in [-0.1, -0.05) is 37.0 Å². The molecule has 0 radical (unpaired) electrons. The first-order chi connectivity index (χ1) is 11.8. The van der Waals surface area contributed by atoms with Crippen molar-refractivity contribution in [3.8, 4) is 11.6 Å². The highest BCUT2D eigenvalue weighted by Gasteiger charge is 2.23. The summed E-state index contributed by atoms with van der Waals surface area (Å²) < 4.78 is 6.44. The number of hydrogen-bond donors (Lipinski definition) is 1. The number of nitrogens with zero attached hydrogens (tertiary/aromatic N) is 4. The predicted molar refractivity (Wildman–Crippen MR) is 94.2 cm³/mol. The molecular weight excluding hydrogens is 369 g/mol. The molecule has 1 N–H and O–H groups in total. The second-order valence-electron chi connectivity index (χ2n) is 5.49. The quantitative estimate of drug-likeness (QED) is 0.698. The minimum atomic E-state index is -0.724. The Labute approximate surface area is 151 Å². The van der Waals surface area contributed by atoms with E-state index >= 15 is 0 Å². The fourth-order valence-corrected chi connectivity index (χ4v) is 3.04. The second kappa shape index (κ2) is 6.45. The maximum atomic E-state index is 12.6. The maximum Gasteiger partial charge on any atom is 0.334 e. The van der Waals surface area contributed by atoms with Gasteiger partial charge in [-0.05, 0) is 12.0 Å². The van der Waals surface area contributed by atoms with Crippen LogP contribution in [-0.4, -0.2) is 31.6 Å². The van der Waals surface area contributed by atoms with E-state index in [1.807, 2.05) is 13.8 Å². The molecule has 0 saturated carbocycles. The van der Waals surface area contributed by atoms with Gasteiger partial charge in [0.25, 0.3) is 5.56 Å². The number of nitrogens with one attached hydrogen (secondary N) is 1. The summed E-state index contributed by atoms with van der Waals surface area (Å²) in [6, 6.07) is 1.33. The highest BCUT2D eigenvalue weighted by molar-refractivity contribution is 6.37. The third kappa shape index (κ3) is 2.87. The third-order valence-electron chi connectivity index (χ3n) is 3.56. The number of ether oxygens (including phenoxy) is 1. The molecule has 0 bridgehead atoms. The monoisotopic (exact) mass is 381 g/mol. The van der Waals surface area contributed by atoms with Crippen LogP contribution in [0.4, 0.5) is 0 Å². The molecule has 0 spiro atoms. The summed E-state index contributed by atoms with van der Waals surface area (Å²) in [6.45, 7) is 3.80. The van der Waals surface area contributed by atoms with E-state index in [0.29, 0.717) is 5.69 Å². The summed E-state index contributed by atoms with van der Waals surface area (Å²) in [4.78, 5) is 39.4. The molecule has 0 aliphatic rings. The van der Waals surface area contributed by atoms with Gasteiger partial charge in [0.15, 0.2) is 5.65 Å². The van der Waals surface area contributed by atoms with Crippen LogP contribution >= 0.6 is 23.2 Å². The fraction of sp³-hybridized carbons (Fsp3) is 0.267. The van der Waals surface area contributed by atoms with E-state index < -0.39 is 11.2 Å². The summed E-state index contributed by atoms with van der Waals surface area (Å²) in [5.41, 5.74) is -0.566. The zero-order valence-corrected chi connectivity index (χ0v) is 15.0. The first-order valence-corrected chi connectivity index (χ1v) is 8.01. The second-order valence-corrected chi connectivity index (χ2v) is 6.29. The average Bonchev–Trinajstić information content (AvgIpc) is 2.53. The summed E-state index contributed by atoms with van der Waals surface area (Å²) in [5.74, 6) is 0.0995. The molecule has 3 aromatic rings. The molecule has 0 aliphatic heterocycles. The van der Waals surface area contributed by atoms with Crippen molar-refractivity contribution in [3.63, 3.8) is 0 Å². The highest BCUT2D eigenvalue weighted by Crippen LogP contribution is 2.30.